The van der Waals surface area contributed by atoms with Crippen LogP contribution < -0.4 is 5.32 Å². The molecule has 0 saturated carbocycles. The third-order valence-corrected chi connectivity index (χ3v) is 5.39. The number of benzene rings is 2. The van der Waals surface area contributed by atoms with Crippen LogP contribution in [-0.2, 0) is 4.79 Å². The Kier molecular flexibility index (Phi) is 4.77. The lowest BCUT2D eigenvalue weighted by molar-refractivity contribution is -0.125. The standard InChI is InChI=1S/C20H20N4OS/c1-14-22-23-20(26-14)21-19(25)17-12-24(13-17)18(15-8-4-2-5-9-15)16-10-6-3-7-11-16/h2-11,17-18H,12-13H2,1H3,(H,21,23,25). The molecule has 1 N–H and O–H groups in total. The van der Waals surface area contributed by atoms with Gasteiger partial charge in [0.2, 0.25) is 11.0 Å². The number of hydrogen-bond acceptors (Lipinski definition) is 5. The monoisotopic (exact) mass is 364 g/mol. The largest absolute Gasteiger partial charge is 0.300 e. The van der Waals surface area contributed by atoms with Crippen molar-refractivity contribution in [2.75, 3.05) is 18.4 Å². The number of amides is 1. The summed E-state index contributed by atoms with van der Waals surface area (Å²) in [5.41, 5.74) is 2.50. The van der Waals surface area contributed by atoms with E-state index in [0.717, 1.165) is 18.1 Å². The molecule has 0 bridgehead atoms. The van der Waals surface area contributed by atoms with Crippen molar-refractivity contribution >= 4 is 22.4 Å². The molecule has 2 aromatic carbocycles. The number of nitrogens with one attached hydrogen (secondary N) is 1. The molecule has 1 saturated heterocycles. The summed E-state index contributed by atoms with van der Waals surface area (Å²) in [6.45, 7) is 3.35. The van der Waals surface area contributed by atoms with E-state index in [1.54, 1.807) is 0 Å². The molecule has 1 fully saturated rings. The third-order valence-electron chi connectivity index (χ3n) is 4.63. The average Bonchev–Trinajstić information content (AvgIpc) is 3.03. The van der Waals surface area contributed by atoms with E-state index in [9.17, 15) is 4.79 Å². The lowest BCUT2D eigenvalue weighted by atomic mass is 9.90. The van der Waals surface area contributed by atoms with E-state index in [-0.39, 0.29) is 17.9 Å². The summed E-state index contributed by atoms with van der Waals surface area (Å²) in [7, 11) is 0. The molecule has 5 nitrogen and oxygen atoms in total. The summed E-state index contributed by atoms with van der Waals surface area (Å²) >= 11 is 1.40. The second kappa shape index (κ2) is 7.35. The minimum Gasteiger partial charge on any atom is -0.300 e. The van der Waals surface area contributed by atoms with Gasteiger partial charge in [0, 0.05) is 13.1 Å². The number of carbonyl (C=O) groups is 1. The fraction of sp³-hybridized carbons (Fsp3) is 0.250. The van der Waals surface area contributed by atoms with Gasteiger partial charge < -0.3 is 5.32 Å². The fourth-order valence-electron chi connectivity index (χ4n) is 3.33. The minimum atomic E-state index is -0.0193. The van der Waals surface area contributed by atoms with Crippen molar-refractivity contribution in [2.24, 2.45) is 5.92 Å². The predicted molar refractivity (Wildman–Crippen MR) is 103 cm³/mol. The molecule has 4 rings (SSSR count). The molecule has 0 aliphatic carbocycles. The zero-order chi connectivity index (χ0) is 17.9. The van der Waals surface area contributed by atoms with E-state index in [1.807, 2.05) is 19.1 Å². The van der Waals surface area contributed by atoms with Crippen molar-refractivity contribution < 1.29 is 4.79 Å². The zero-order valence-corrected chi connectivity index (χ0v) is 15.3. The molecule has 0 spiro atoms. The van der Waals surface area contributed by atoms with E-state index >= 15 is 0 Å². The maximum Gasteiger partial charge on any atom is 0.231 e. The van der Waals surface area contributed by atoms with Gasteiger partial charge in [-0.1, -0.05) is 72.0 Å². The second-order valence-corrected chi connectivity index (χ2v) is 7.67. The van der Waals surface area contributed by atoms with Crippen LogP contribution in [0.1, 0.15) is 22.2 Å². The summed E-state index contributed by atoms with van der Waals surface area (Å²) in [5, 5.41) is 12.2. The van der Waals surface area contributed by atoms with Gasteiger partial charge in [0.15, 0.2) is 0 Å². The van der Waals surface area contributed by atoms with Crippen molar-refractivity contribution in [3.63, 3.8) is 0 Å². The molecule has 0 unspecified atom stereocenters. The predicted octanol–water partition coefficient (Wildman–Crippen LogP) is 3.51. The van der Waals surface area contributed by atoms with Crippen LogP contribution in [0.2, 0.25) is 0 Å². The van der Waals surface area contributed by atoms with Gasteiger partial charge in [0.1, 0.15) is 5.01 Å². The van der Waals surface area contributed by atoms with Crippen LogP contribution in [0.25, 0.3) is 0 Å². The first-order chi connectivity index (χ1) is 12.7. The molecule has 1 aliphatic heterocycles. The van der Waals surface area contributed by atoms with Crippen LogP contribution in [0.15, 0.2) is 60.7 Å². The Morgan fingerprint density at radius 3 is 2.12 bits per heavy atom. The summed E-state index contributed by atoms with van der Waals surface area (Å²) in [5.74, 6) is 0.00593. The molecular formula is C20H20N4OS. The molecule has 26 heavy (non-hydrogen) atoms. The molecule has 1 aromatic heterocycles. The number of nitrogens with zero attached hydrogens (tertiary/aromatic N) is 3. The highest BCUT2D eigenvalue weighted by molar-refractivity contribution is 7.15. The Morgan fingerprint density at radius 2 is 1.62 bits per heavy atom. The SMILES string of the molecule is Cc1nnc(NC(=O)C2CN(C(c3ccccc3)c3ccccc3)C2)s1. The summed E-state index contributed by atoms with van der Waals surface area (Å²) in [6.07, 6.45) is 0. The van der Waals surface area contributed by atoms with Gasteiger partial charge in [-0.05, 0) is 18.1 Å². The Morgan fingerprint density at radius 1 is 1.04 bits per heavy atom. The van der Waals surface area contributed by atoms with Crippen LogP contribution in [0, 0.1) is 12.8 Å². The first-order valence-electron chi connectivity index (χ1n) is 8.65. The van der Waals surface area contributed by atoms with Gasteiger partial charge in [-0.3, -0.25) is 9.69 Å². The summed E-state index contributed by atoms with van der Waals surface area (Å²) in [6, 6.07) is 21.1. The molecule has 0 radical (unpaired) electrons. The Balaban J connectivity index is 1.46. The van der Waals surface area contributed by atoms with Gasteiger partial charge in [0.25, 0.3) is 0 Å². The minimum absolute atomic E-state index is 0.0193. The maximum atomic E-state index is 12.4. The van der Waals surface area contributed by atoms with Gasteiger partial charge in [0.05, 0.1) is 12.0 Å². The quantitative estimate of drug-likeness (QED) is 0.753. The number of anilines is 1. The number of rotatable bonds is 5. The molecule has 6 heteroatoms. The Bertz CT molecular complexity index is 836. The highest BCUT2D eigenvalue weighted by Crippen LogP contribution is 2.34. The lowest BCUT2D eigenvalue weighted by Gasteiger charge is -2.43. The lowest BCUT2D eigenvalue weighted by Crippen LogP contribution is -2.53. The Labute approximate surface area is 156 Å². The first-order valence-corrected chi connectivity index (χ1v) is 9.47. The normalized spacial score (nSPS) is 15.0. The van der Waals surface area contributed by atoms with Crippen LogP contribution >= 0.6 is 11.3 Å². The summed E-state index contributed by atoms with van der Waals surface area (Å²) < 4.78 is 0. The van der Waals surface area contributed by atoms with Crippen molar-refractivity contribution in [1.82, 2.24) is 15.1 Å². The fourth-order valence-corrected chi connectivity index (χ4v) is 3.92. The molecule has 132 valence electrons. The van der Waals surface area contributed by atoms with Crippen LogP contribution in [0.5, 0.6) is 0 Å². The van der Waals surface area contributed by atoms with Gasteiger partial charge in [-0.25, -0.2) is 0 Å². The number of aromatic nitrogens is 2. The van der Waals surface area contributed by atoms with Crippen LogP contribution in [0.3, 0.4) is 0 Å². The molecular weight excluding hydrogens is 344 g/mol. The Hall–Kier alpha value is -2.57. The van der Waals surface area contributed by atoms with Gasteiger partial charge in [-0.15, -0.1) is 10.2 Å². The van der Waals surface area contributed by atoms with E-state index in [1.165, 1.54) is 22.5 Å². The molecule has 1 amide bonds. The van der Waals surface area contributed by atoms with Crippen molar-refractivity contribution in [2.45, 2.75) is 13.0 Å². The van der Waals surface area contributed by atoms with Crippen LogP contribution in [-0.4, -0.2) is 34.1 Å². The van der Waals surface area contributed by atoms with Crippen molar-refractivity contribution in [3.8, 4) is 0 Å². The highest BCUT2D eigenvalue weighted by atomic mass is 32.1. The average molecular weight is 364 g/mol. The maximum absolute atomic E-state index is 12.4. The van der Waals surface area contributed by atoms with Crippen molar-refractivity contribution in [1.29, 1.82) is 0 Å². The molecule has 2 heterocycles. The molecule has 3 aromatic rings. The number of carbonyl (C=O) groups excluding carboxylic acids is 1. The number of aryl methyl sites for hydroxylation is 1. The topological polar surface area (TPSA) is 58.1 Å². The number of likely N-dealkylation sites (tertiary alicyclic amines) is 1. The van der Waals surface area contributed by atoms with Gasteiger partial charge in [-0.2, -0.15) is 0 Å². The molecule has 1 aliphatic rings. The third kappa shape index (κ3) is 3.52. The highest BCUT2D eigenvalue weighted by Gasteiger charge is 2.38. The number of hydrogen-bond donors (Lipinski definition) is 1. The van der Waals surface area contributed by atoms with E-state index in [4.69, 9.17) is 0 Å². The van der Waals surface area contributed by atoms with E-state index in [0.29, 0.717) is 5.13 Å². The van der Waals surface area contributed by atoms with Crippen molar-refractivity contribution in [3.05, 3.63) is 76.8 Å². The summed E-state index contributed by atoms with van der Waals surface area (Å²) in [4.78, 5) is 14.8. The van der Waals surface area contributed by atoms with E-state index in [2.05, 4.69) is 68.9 Å². The molecule has 0 atom stereocenters. The smallest absolute Gasteiger partial charge is 0.231 e. The second-order valence-electron chi connectivity index (χ2n) is 6.49. The first kappa shape index (κ1) is 16.9. The van der Waals surface area contributed by atoms with Crippen LogP contribution in [0.4, 0.5) is 5.13 Å². The van der Waals surface area contributed by atoms with E-state index < -0.39 is 0 Å². The van der Waals surface area contributed by atoms with Gasteiger partial charge >= 0.3 is 0 Å². The zero-order valence-electron chi connectivity index (χ0n) is 14.5.